The van der Waals surface area contributed by atoms with Gasteiger partial charge in [-0.2, -0.15) is 0 Å². The molecule has 1 heterocycles. The first kappa shape index (κ1) is 14.0. The fraction of sp³-hybridized carbons (Fsp3) is 0.692. The maximum Gasteiger partial charge on any atom is 0.163 e. The van der Waals surface area contributed by atoms with E-state index in [9.17, 15) is 0 Å². The van der Waals surface area contributed by atoms with E-state index in [2.05, 4.69) is 23.7 Å². The Morgan fingerprint density at radius 1 is 0.882 bits per heavy atom. The maximum absolute atomic E-state index is 8.59. The van der Waals surface area contributed by atoms with E-state index in [0.29, 0.717) is 12.8 Å². The van der Waals surface area contributed by atoms with Crippen LogP contribution in [0.1, 0.15) is 26.7 Å². The van der Waals surface area contributed by atoms with Crippen molar-refractivity contribution in [1.82, 2.24) is 0 Å². The number of aliphatic hydroxyl groups excluding tert-OH is 2. The summed E-state index contributed by atoms with van der Waals surface area (Å²) in [4.78, 5) is 0. The Kier molecular flexibility index (Phi) is 5.47. The molecule has 0 unspecified atom stereocenters. The SMILES string of the molecule is CC1(C)O[C@H](CC#CCO)[C@@H](CC#CCO)O1. The van der Waals surface area contributed by atoms with Crippen LogP contribution in [-0.4, -0.2) is 41.4 Å². The summed E-state index contributed by atoms with van der Waals surface area (Å²) >= 11 is 0. The van der Waals surface area contributed by atoms with Crippen molar-refractivity contribution in [1.29, 1.82) is 0 Å². The molecule has 4 nitrogen and oxygen atoms in total. The van der Waals surface area contributed by atoms with Gasteiger partial charge in [0.2, 0.25) is 0 Å². The summed E-state index contributed by atoms with van der Waals surface area (Å²) in [7, 11) is 0. The molecule has 17 heavy (non-hydrogen) atoms. The topological polar surface area (TPSA) is 58.9 Å². The fourth-order valence-electron chi connectivity index (χ4n) is 1.71. The monoisotopic (exact) mass is 238 g/mol. The van der Waals surface area contributed by atoms with Gasteiger partial charge in [0.15, 0.2) is 5.79 Å². The van der Waals surface area contributed by atoms with Gasteiger partial charge in [-0.3, -0.25) is 0 Å². The van der Waals surface area contributed by atoms with Gasteiger partial charge in [0, 0.05) is 12.8 Å². The normalized spacial score (nSPS) is 25.6. The minimum atomic E-state index is -0.628. The highest BCUT2D eigenvalue weighted by atomic mass is 16.7. The number of ether oxygens (including phenoxy) is 2. The minimum absolute atomic E-state index is 0.142. The zero-order valence-electron chi connectivity index (χ0n) is 10.2. The smallest absolute Gasteiger partial charge is 0.163 e. The molecule has 0 amide bonds. The molecule has 1 aliphatic heterocycles. The predicted octanol–water partition coefficient (Wildman–Crippen LogP) is 0.278. The lowest BCUT2D eigenvalue weighted by Crippen LogP contribution is -2.21. The number of hydrogen-bond donors (Lipinski definition) is 2. The minimum Gasteiger partial charge on any atom is -0.384 e. The molecule has 0 aromatic heterocycles. The molecule has 2 atom stereocenters. The van der Waals surface area contributed by atoms with Crippen molar-refractivity contribution >= 4 is 0 Å². The largest absolute Gasteiger partial charge is 0.384 e. The van der Waals surface area contributed by atoms with Crippen LogP contribution < -0.4 is 0 Å². The molecule has 2 N–H and O–H groups in total. The van der Waals surface area contributed by atoms with Crippen LogP contribution in [0, 0.1) is 23.7 Å². The van der Waals surface area contributed by atoms with Crippen LogP contribution in [0.5, 0.6) is 0 Å². The molecule has 0 radical (unpaired) electrons. The summed E-state index contributed by atoms with van der Waals surface area (Å²) in [6.45, 7) is 3.40. The van der Waals surface area contributed by atoms with Crippen molar-refractivity contribution < 1.29 is 19.7 Å². The summed E-state index contributed by atoms with van der Waals surface area (Å²) < 4.78 is 11.4. The Morgan fingerprint density at radius 2 is 1.29 bits per heavy atom. The first-order valence-electron chi connectivity index (χ1n) is 5.58. The molecule has 1 saturated heterocycles. The Hall–Kier alpha value is -1.04. The van der Waals surface area contributed by atoms with Gasteiger partial charge in [0.1, 0.15) is 13.2 Å². The van der Waals surface area contributed by atoms with Crippen LogP contribution in [0.3, 0.4) is 0 Å². The standard InChI is InChI=1S/C13H18O4/c1-13(2)16-11(7-3-5-9-14)12(17-13)8-4-6-10-15/h11-12,14-15H,7-10H2,1-2H3/t11-,12-/m1/s1. The molecule has 1 rings (SSSR count). The molecule has 1 aliphatic rings. The van der Waals surface area contributed by atoms with Crippen LogP contribution in [0.4, 0.5) is 0 Å². The third-order valence-electron chi connectivity index (χ3n) is 2.30. The third-order valence-corrected chi connectivity index (χ3v) is 2.30. The average Bonchev–Trinajstić information content (AvgIpc) is 2.54. The molecular weight excluding hydrogens is 220 g/mol. The van der Waals surface area contributed by atoms with Crippen LogP contribution in [0.25, 0.3) is 0 Å². The second-order valence-corrected chi connectivity index (χ2v) is 4.14. The van der Waals surface area contributed by atoms with Crippen molar-refractivity contribution in [3.63, 3.8) is 0 Å². The van der Waals surface area contributed by atoms with E-state index in [1.807, 2.05) is 13.8 Å². The fourth-order valence-corrected chi connectivity index (χ4v) is 1.71. The van der Waals surface area contributed by atoms with Crippen molar-refractivity contribution in [3.8, 4) is 23.7 Å². The highest BCUT2D eigenvalue weighted by Gasteiger charge is 2.40. The molecule has 0 bridgehead atoms. The van der Waals surface area contributed by atoms with Crippen LogP contribution in [0.2, 0.25) is 0 Å². The highest BCUT2D eigenvalue weighted by Crippen LogP contribution is 2.31. The van der Waals surface area contributed by atoms with E-state index in [-0.39, 0.29) is 25.4 Å². The van der Waals surface area contributed by atoms with Gasteiger partial charge in [-0.25, -0.2) is 0 Å². The molecule has 1 fully saturated rings. The van der Waals surface area contributed by atoms with Gasteiger partial charge in [0.05, 0.1) is 12.2 Å². The van der Waals surface area contributed by atoms with Gasteiger partial charge in [-0.15, -0.1) is 0 Å². The van der Waals surface area contributed by atoms with E-state index in [1.54, 1.807) is 0 Å². The van der Waals surface area contributed by atoms with E-state index in [1.165, 1.54) is 0 Å². The van der Waals surface area contributed by atoms with Crippen molar-refractivity contribution in [2.75, 3.05) is 13.2 Å². The summed E-state index contributed by atoms with van der Waals surface area (Å²) in [5.41, 5.74) is 0. The quantitative estimate of drug-likeness (QED) is 0.678. The van der Waals surface area contributed by atoms with Crippen molar-refractivity contribution in [2.24, 2.45) is 0 Å². The predicted molar refractivity (Wildman–Crippen MR) is 62.8 cm³/mol. The van der Waals surface area contributed by atoms with E-state index < -0.39 is 5.79 Å². The Morgan fingerprint density at radius 3 is 1.65 bits per heavy atom. The summed E-state index contributed by atoms with van der Waals surface area (Å²) in [6.07, 6.45) is 0.736. The van der Waals surface area contributed by atoms with Crippen molar-refractivity contribution in [3.05, 3.63) is 0 Å². The van der Waals surface area contributed by atoms with Gasteiger partial charge in [-0.1, -0.05) is 23.7 Å². The van der Waals surface area contributed by atoms with E-state index in [0.717, 1.165) is 0 Å². The molecule has 0 aliphatic carbocycles. The van der Waals surface area contributed by atoms with Gasteiger partial charge >= 0.3 is 0 Å². The molecule has 0 aromatic carbocycles. The molecule has 0 saturated carbocycles. The highest BCUT2D eigenvalue weighted by molar-refractivity contribution is 5.06. The summed E-state index contributed by atoms with van der Waals surface area (Å²) in [6, 6.07) is 0. The zero-order valence-corrected chi connectivity index (χ0v) is 10.2. The van der Waals surface area contributed by atoms with Crippen LogP contribution in [-0.2, 0) is 9.47 Å². The number of hydrogen-bond acceptors (Lipinski definition) is 4. The van der Waals surface area contributed by atoms with Crippen LogP contribution in [0.15, 0.2) is 0 Å². The first-order chi connectivity index (χ1) is 8.09. The van der Waals surface area contributed by atoms with Gasteiger partial charge in [0.25, 0.3) is 0 Å². The second-order valence-electron chi connectivity index (χ2n) is 4.14. The lowest BCUT2D eigenvalue weighted by atomic mass is 10.1. The van der Waals surface area contributed by atoms with Crippen molar-refractivity contribution in [2.45, 2.75) is 44.7 Å². The average molecular weight is 238 g/mol. The van der Waals surface area contributed by atoms with E-state index in [4.69, 9.17) is 19.7 Å². The molecular formula is C13H18O4. The number of aliphatic hydroxyl groups is 2. The third kappa shape index (κ3) is 4.77. The Bertz CT molecular complexity index is 319. The Balaban J connectivity index is 2.57. The number of rotatable bonds is 2. The zero-order chi connectivity index (χ0) is 12.7. The lowest BCUT2D eigenvalue weighted by Gasteiger charge is -2.16. The second kappa shape index (κ2) is 6.64. The van der Waals surface area contributed by atoms with Crippen LogP contribution >= 0.6 is 0 Å². The molecule has 0 aromatic rings. The summed E-state index contributed by atoms with van der Waals surface area (Å²) in [5, 5.41) is 17.2. The Labute approximate surface area is 102 Å². The first-order valence-corrected chi connectivity index (χ1v) is 5.58. The molecule has 94 valence electrons. The van der Waals surface area contributed by atoms with E-state index >= 15 is 0 Å². The van der Waals surface area contributed by atoms with Gasteiger partial charge < -0.3 is 19.7 Å². The lowest BCUT2D eigenvalue weighted by molar-refractivity contribution is -0.145. The summed E-state index contributed by atoms with van der Waals surface area (Å²) in [5.74, 6) is 10.2. The molecule has 4 heteroatoms. The van der Waals surface area contributed by atoms with Gasteiger partial charge in [-0.05, 0) is 13.8 Å². The molecule has 0 spiro atoms. The maximum atomic E-state index is 8.59.